The number of hydrogen-bond acceptors (Lipinski definition) is 1. The lowest BCUT2D eigenvalue weighted by atomic mass is 9.57. The Labute approximate surface area is 76.5 Å². The van der Waals surface area contributed by atoms with E-state index in [2.05, 4.69) is 41.5 Å². The third-order valence-electron chi connectivity index (χ3n) is 4.39. The Morgan fingerprint density at radius 1 is 0.917 bits per heavy atom. The normalized spacial score (nSPS) is 31.5. The van der Waals surface area contributed by atoms with Crippen molar-refractivity contribution in [1.82, 2.24) is 0 Å². The molecule has 1 fully saturated rings. The van der Waals surface area contributed by atoms with Gasteiger partial charge in [0.2, 0.25) is 0 Å². The molecule has 0 radical (unpaired) electrons. The first kappa shape index (κ1) is 10.0. The van der Waals surface area contributed by atoms with E-state index in [0.717, 1.165) is 6.61 Å². The summed E-state index contributed by atoms with van der Waals surface area (Å²) in [6.07, 6.45) is 1.17. The molecule has 1 heteroatoms. The van der Waals surface area contributed by atoms with Crippen LogP contribution in [-0.2, 0) is 4.74 Å². The Morgan fingerprint density at radius 2 is 1.42 bits per heavy atom. The van der Waals surface area contributed by atoms with E-state index < -0.39 is 0 Å². The average Bonchev–Trinajstić information content (AvgIpc) is 1.83. The Bertz CT molecular complexity index is 159. The van der Waals surface area contributed by atoms with E-state index in [4.69, 9.17) is 4.74 Å². The summed E-state index contributed by atoms with van der Waals surface area (Å²) in [5, 5.41) is 0. The van der Waals surface area contributed by atoms with Gasteiger partial charge >= 0.3 is 0 Å². The van der Waals surface area contributed by atoms with Gasteiger partial charge in [-0.25, -0.2) is 0 Å². The van der Waals surface area contributed by atoms with Gasteiger partial charge in [0.1, 0.15) is 0 Å². The molecule has 0 aliphatic carbocycles. The van der Waals surface area contributed by atoms with E-state index >= 15 is 0 Å². The number of rotatable bonds is 0. The zero-order chi connectivity index (χ0) is 9.62. The molecule has 0 N–H and O–H groups in total. The number of ether oxygens (including phenoxy) is 1. The van der Waals surface area contributed by atoms with Gasteiger partial charge in [-0.15, -0.1) is 0 Å². The Morgan fingerprint density at radius 3 is 1.75 bits per heavy atom. The largest absolute Gasteiger partial charge is 0.375 e. The van der Waals surface area contributed by atoms with Crippen LogP contribution < -0.4 is 0 Å². The summed E-state index contributed by atoms with van der Waals surface area (Å²) >= 11 is 0. The maximum Gasteiger partial charge on any atom is 0.0682 e. The molecule has 0 spiro atoms. The van der Waals surface area contributed by atoms with Crippen molar-refractivity contribution in [3.8, 4) is 0 Å². The highest BCUT2D eigenvalue weighted by Gasteiger charge is 2.51. The van der Waals surface area contributed by atoms with Crippen molar-refractivity contribution in [2.24, 2.45) is 10.8 Å². The van der Waals surface area contributed by atoms with Gasteiger partial charge in [-0.2, -0.15) is 0 Å². The molecule has 12 heavy (non-hydrogen) atoms. The first-order chi connectivity index (χ1) is 5.21. The SMILES string of the molecule is CC1(C)CCOC(C)(C)C1(C)C. The molecule has 1 aliphatic rings. The molecule has 1 heterocycles. The topological polar surface area (TPSA) is 9.23 Å². The molecule has 0 aromatic carbocycles. The van der Waals surface area contributed by atoms with Crippen molar-refractivity contribution >= 4 is 0 Å². The minimum atomic E-state index is 0.00868. The molecule has 1 saturated heterocycles. The second-order valence-electron chi connectivity index (χ2n) is 5.62. The van der Waals surface area contributed by atoms with Gasteiger partial charge in [0.25, 0.3) is 0 Å². The van der Waals surface area contributed by atoms with Gasteiger partial charge in [0.05, 0.1) is 5.60 Å². The molecule has 72 valence electrons. The zero-order valence-electron chi connectivity index (χ0n) is 9.32. The molecule has 0 amide bonds. The molecule has 0 aromatic rings. The monoisotopic (exact) mass is 170 g/mol. The highest BCUT2D eigenvalue weighted by Crippen LogP contribution is 2.53. The second kappa shape index (κ2) is 2.47. The predicted molar refractivity (Wildman–Crippen MR) is 52.2 cm³/mol. The van der Waals surface area contributed by atoms with Crippen LogP contribution in [0.2, 0.25) is 0 Å². The molecular formula is C11H22O. The van der Waals surface area contributed by atoms with Crippen molar-refractivity contribution in [3.05, 3.63) is 0 Å². The van der Waals surface area contributed by atoms with Crippen molar-refractivity contribution in [2.45, 2.75) is 53.6 Å². The minimum Gasteiger partial charge on any atom is -0.375 e. The molecule has 1 nitrogen and oxygen atoms in total. The fourth-order valence-corrected chi connectivity index (χ4v) is 1.87. The van der Waals surface area contributed by atoms with Crippen LogP contribution >= 0.6 is 0 Å². The summed E-state index contributed by atoms with van der Waals surface area (Å²) in [7, 11) is 0. The van der Waals surface area contributed by atoms with Crippen LogP contribution in [0, 0.1) is 10.8 Å². The van der Waals surface area contributed by atoms with Crippen LogP contribution in [0.1, 0.15) is 48.0 Å². The van der Waals surface area contributed by atoms with E-state index in [1.54, 1.807) is 0 Å². The molecule has 0 bridgehead atoms. The minimum absolute atomic E-state index is 0.00868. The first-order valence-electron chi connectivity index (χ1n) is 4.85. The maximum absolute atomic E-state index is 5.82. The van der Waals surface area contributed by atoms with Crippen LogP contribution in [0.15, 0.2) is 0 Å². The molecule has 1 aliphatic heterocycles. The van der Waals surface area contributed by atoms with Gasteiger partial charge in [0, 0.05) is 6.61 Å². The molecule has 0 aromatic heterocycles. The summed E-state index contributed by atoms with van der Waals surface area (Å²) in [5.41, 5.74) is 0.641. The first-order valence-corrected chi connectivity index (χ1v) is 4.85. The van der Waals surface area contributed by atoms with E-state index in [9.17, 15) is 0 Å². The van der Waals surface area contributed by atoms with Gasteiger partial charge < -0.3 is 4.74 Å². The standard InChI is InChI=1S/C11H22O/c1-9(2)7-8-12-11(5,6)10(9,3)4/h7-8H2,1-6H3. The van der Waals surface area contributed by atoms with Gasteiger partial charge in [-0.1, -0.05) is 27.7 Å². The van der Waals surface area contributed by atoms with E-state index in [1.165, 1.54) is 6.42 Å². The fraction of sp³-hybridized carbons (Fsp3) is 1.00. The van der Waals surface area contributed by atoms with Crippen molar-refractivity contribution in [1.29, 1.82) is 0 Å². The van der Waals surface area contributed by atoms with E-state index in [0.29, 0.717) is 5.41 Å². The fourth-order valence-electron chi connectivity index (χ4n) is 1.87. The summed E-state index contributed by atoms with van der Waals surface area (Å²) in [6.45, 7) is 14.6. The number of hydrogen-bond donors (Lipinski definition) is 0. The summed E-state index contributed by atoms with van der Waals surface area (Å²) < 4.78 is 5.82. The lowest BCUT2D eigenvalue weighted by Crippen LogP contribution is -2.54. The summed E-state index contributed by atoms with van der Waals surface area (Å²) in [6, 6.07) is 0. The van der Waals surface area contributed by atoms with Crippen LogP contribution in [0.3, 0.4) is 0 Å². The molecule has 0 unspecified atom stereocenters. The van der Waals surface area contributed by atoms with Crippen molar-refractivity contribution in [2.75, 3.05) is 6.61 Å². The van der Waals surface area contributed by atoms with Gasteiger partial charge in [0.15, 0.2) is 0 Å². The quantitative estimate of drug-likeness (QED) is 0.542. The maximum atomic E-state index is 5.82. The van der Waals surface area contributed by atoms with E-state index in [-0.39, 0.29) is 11.0 Å². The second-order valence-corrected chi connectivity index (χ2v) is 5.62. The zero-order valence-corrected chi connectivity index (χ0v) is 9.32. The van der Waals surface area contributed by atoms with Crippen LogP contribution in [0.5, 0.6) is 0 Å². The third-order valence-corrected chi connectivity index (χ3v) is 4.39. The average molecular weight is 170 g/mol. The van der Waals surface area contributed by atoms with Crippen molar-refractivity contribution < 1.29 is 4.74 Å². The highest BCUT2D eigenvalue weighted by molar-refractivity contribution is 5.00. The molecule has 0 saturated carbocycles. The summed E-state index contributed by atoms with van der Waals surface area (Å²) in [4.78, 5) is 0. The van der Waals surface area contributed by atoms with Crippen LogP contribution in [0.25, 0.3) is 0 Å². The lowest BCUT2D eigenvalue weighted by Gasteiger charge is -2.55. The van der Waals surface area contributed by atoms with Crippen LogP contribution in [-0.4, -0.2) is 12.2 Å². The Hall–Kier alpha value is -0.0400. The molecular weight excluding hydrogens is 148 g/mol. The van der Waals surface area contributed by atoms with E-state index in [1.807, 2.05) is 0 Å². The smallest absolute Gasteiger partial charge is 0.0682 e. The predicted octanol–water partition coefficient (Wildman–Crippen LogP) is 3.24. The van der Waals surface area contributed by atoms with Crippen LogP contribution in [0.4, 0.5) is 0 Å². The lowest BCUT2D eigenvalue weighted by molar-refractivity contribution is -0.192. The van der Waals surface area contributed by atoms with Crippen molar-refractivity contribution in [3.63, 3.8) is 0 Å². The van der Waals surface area contributed by atoms with Gasteiger partial charge in [-0.05, 0) is 31.1 Å². The summed E-state index contributed by atoms with van der Waals surface area (Å²) in [5.74, 6) is 0. The third kappa shape index (κ3) is 1.19. The Balaban J connectivity index is 2.99. The Kier molecular flexibility index (Phi) is 2.07. The highest BCUT2D eigenvalue weighted by atomic mass is 16.5. The van der Waals surface area contributed by atoms with Gasteiger partial charge in [-0.3, -0.25) is 0 Å². The molecule has 0 atom stereocenters. The molecule has 1 rings (SSSR count).